The van der Waals surface area contributed by atoms with Crippen molar-refractivity contribution in [1.29, 1.82) is 0 Å². The van der Waals surface area contributed by atoms with E-state index >= 15 is 0 Å². The van der Waals surface area contributed by atoms with E-state index in [1.807, 2.05) is 37.6 Å². The fraction of sp³-hybridized carbons (Fsp3) is 0.500. The Hall–Kier alpha value is -2.05. The molecule has 7 heteroatoms. The number of guanidine groups is 1. The molecule has 1 heterocycles. The molecular weight excluding hydrogens is 360 g/mol. The van der Waals surface area contributed by atoms with Gasteiger partial charge in [0.25, 0.3) is 0 Å². The molecule has 0 aliphatic rings. The zero-order valence-corrected chi connectivity index (χ0v) is 17.5. The number of nitrogens with one attached hydrogen (secondary N) is 2. The van der Waals surface area contributed by atoms with E-state index in [1.54, 1.807) is 4.68 Å². The molecule has 1 atom stereocenters. The van der Waals surface area contributed by atoms with Crippen LogP contribution in [0.15, 0.2) is 41.7 Å². The monoisotopic (exact) mass is 390 g/mol. The van der Waals surface area contributed by atoms with Crippen molar-refractivity contribution in [2.75, 3.05) is 26.2 Å². The van der Waals surface area contributed by atoms with Crippen molar-refractivity contribution >= 4 is 17.6 Å². The van der Waals surface area contributed by atoms with Crippen LogP contribution in [0.1, 0.15) is 37.9 Å². The third-order valence-electron chi connectivity index (χ3n) is 4.50. The van der Waals surface area contributed by atoms with Crippen LogP contribution in [0.25, 0.3) is 0 Å². The minimum absolute atomic E-state index is 0.177. The first-order valence-corrected chi connectivity index (χ1v) is 9.94. The molecule has 0 aliphatic heterocycles. The van der Waals surface area contributed by atoms with Crippen molar-refractivity contribution in [1.82, 2.24) is 25.3 Å². The molecule has 0 bridgehead atoms. The number of aliphatic imine (C=N–C) groups is 1. The fourth-order valence-electron chi connectivity index (χ4n) is 3.10. The molecule has 1 aromatic heterocycles. The highest BCUT2D eigenvalue weighted by molar-refractivity contribution is 6.31. The molecule has 0 fully saturated rings. The van der Waals surface area contributed by atoms with Gasteiger partial charge in [-0.05, 0) is 31.6 Å². The molecule has 2 aromatic rings. The minimum Gasteiger partial charge on any atom is -0.357 e. The second kappa shape index (κ2) is 10.9. The molecule has 0 saturated carbocycles. The highest BCUT2D eigenvalue weighted by Gasteiger charge is 2.20. The average Bonchev–Trinajstić information content (AvgIpc) is 3.09. The summed E-state index contributed by atoms with van der Waals surface area (Å²) in [5, 5.41) is 11.8. The van der Waals surface area contributed by atoms with Crippen LogP contribution >= 0.6 is 11.6 Å². The zero-order chi connectivity index (χ0) is 19.6. The Morgan fingerprint density at radius 1 is 1.22 bits per heavy atom. The molecule has 0 radical (unpaired) electrons. The van der Waals surface area contributed by atoms with E-state index in [1.165, 1.54) is 0 Å². The number of aryl methyl sites for hydroxylation is 1. The van der Waals surface area contributed by atoms with Crippen LogP contribution in [-0.4, -0.2) is 46.8 Å². The van der Waals surface area contributed by atoms with Crippen LogP contribution < -0.4 is 10.6 Å². The lowest BCUT2D eigenvalue weighted by Crippen LogP contribution is -2.43. The maximum absolute atomic E-state index is 6.49. The van der Waals surface area contributed by atoms with Gasteiger partial charge in [-0.1, -0.05) is 43.6 Å². The van der Waals surface area contributed by atoms with Crippen molar-refractivity contribution in [3.05, 3.63) is 52.8 Å². The first kappa shape index (κ1) is 21.3. The molecule has 1 unspecified atom stereocenters. The molecular formula is C20H31ClN6. The van der Waals surface area contributed by atoms with Gasteiger partial charge in [0.15, 0.2) is 5.96 Å². The summed E-state index contributed by atoms with van der Waals surface area (Å²) in [4.78, 5) is 7.09. The van der Waals surface area contributed by atoms with Crippen LogP contribution in [0.2, 0.25) is 5.02 Å². The predicted octanol–water partition coefficient (Wildman–Crippen LogP) is 3.21. The molecule has 2 rings (SSSR count). The van der Waals surface area contributed by atoms with Gasteiger partial charge in [0.1, 0.15) is 0 Å². The summed E-state index contributed by atoms with van der Waals surface area (Å²) in [6.07, 6.45) is 3.82. The summed E-state index contributed by atoms with van der Waals surface area (Å²) >= 11 is 6.49. The summed E-state index contributed by atoms with van der Waals surface area (Å²) in [6.45, 7) is 10.5. The molecule has 0 spiro atoms. The number of hydrogen-bond acceptors (Lipinski definition) is 3. The maximum atomic E-state index is 6.49. The van der Waals surface area contributed by atoms with E-state index in [4.69, 9.17) is 11.6 Å². The van der Waals surface area contributed by atoms with Gasteiger partial charge >= 0.3 is 0 Å². The van der Waals surface area contributed by atoms with Gasteiger partial charge in [-0.25, -0.2) is 4.99 Å². The number of benzene rings is 1. The van der Waals surface area contributed by atoms with Gasteiger partial charge in [0.05, 0.1) is 18.8 Å². The van der Waals surface area contributed by atoms with Crippen LogP contribution in [-0.2, 0) is 13.6 Å². The number of hydrogen-bond donors (Lipinski definition) is 2. The van der Waals surface area contributed by atoms with Crippen molar-refractivity contribution in [3.8, 4) is 0 Å². The van der Waals surface area contributed by atoms with E-state index in [9.17, 15) is 0 Å². The number of likely N-dealkylation sites (N-methyl/N-ethyl adjacent to an activating group) is 1. The molecule has 148 valence electrons. The van der Waals surface area contributed by atoms with E-state index in [0.29, 0.717) is 6.54 Å². The number of aromatic nitrogens is 2. The van der Waals surface area contributed by atoms with Crippen LogP contribution in [0.3, 0.4) is 0 Å². The average molecular weight is 391 g/mol. The number of nitrogens with zero attached hydrogens (tertiary/aromatic N) is 4. The van der Waals surface area contributed by atoms with Gasteiger partial charge in [-0.3, -0.25) is 9.58 Å². The Morgan fingerprint density at radius 2 is 1.96 bits per heavy atom. The highest BCUT2D eigenvalue weighted by atomic mass is 35.5. The Morgan fingerprint density at radius 3 is 2.56 bits per heavy atom. The third-order valence-corrected chi connectivity index (χ3v) is 4.85. The molecule has 1 aromatic carbocycles. The quantitative estimate of drug-likeness (QED) is 0.510. The van der Waals surface area contributed by atoms with Crippen molar-refractivity contribution in [2.45, 2.75) is 33.4 Å². The Balaban J connectivity index is 2.13. The number of rotatable bonds is 9. The van der Waals surface area contributed by atoms with Gasteiger partial charge in [-0.15, -0.1) is 0 Å². The summed E-state index contributed by atoms with van der Waals surface area (Å²) < 4.78 is 1.79. The van der Waals surface area contributed by atoms with Gasteiger partial charge in [0, 0.05) is 36.9 Å². The van der Waals surface area contributed by atoms with Crippen molar-refractivity contribution < 1.29 is 0 Å². The van der Waals surface area contributed by atoms with E-state index in [-0.39, 0.29) is 6.04 Å². The highest BCUT2D eigenvalue weighted by Crippen LogP contribution is 2.26. The molecule has 27 heavy (non-hydrogen) atoms. The maximum Gasteiger partial charge on any atom is 0.191 e. The second-order valence-electron chi connectivity index (χ2n) is 6.36. The Labute approximate surface area is 167 Å². The number of halogens is 1. The summed E-state index contributed by atoms with van der Waals surface area (Å²) in [7, 11) is 1.91. The van der Waals surface area contributed by atoms with E-state index in [2.05, 4.69) is 52.5 Å². The second-order valence-corrected chi connectivity index (χ2v) is 6.76. The first-order chi connectivity index (χ1) is 13.1. The minimum atomic E-state index is 0.177. The topological polar surface area (TPSA) is 57.5 Å². The molecule has 6 nitrogen and oxygen atoms in total. The standard InChI is InChI=1S/C20H31ClN6/c1-5-22-20(23-12-16-13-25-26(4)15-16)24-14-19(27(6-2)7-3)17-10-8-9-11-18(17)21/h8-11,13,15,19H,5-7,12,14H2,1-4H3,(H2,22,23,24). The Bertz CT molecular complexity index is 723. The molecule has 0 saturated heterocycles. The zero-order valence-electron chi connectivity index (χ0n) is 16.7. The summed E-state index contributed by atoms with van der Waals surface area (Å²) in [5.74, 6) is 0.797. The lowest BCUT2D eigenvalue weighted by Gasteiger charge is -2.31. The van der Waals surface area contributed by atoms with Crippen molar-refractivity contribution in [2.24, 2.45) is 12.0 Å². The van der Waals surface area contributed by atoms with Gasteiger partial charge < -0.3 is 10.6 Å². The third kappa shape index (κ3) is 6.26. The van der Waals surface area contributed by atoms with Crippen LogP contribution in [0, 0.1) is 0 Å². The predicted molar refractivity (Wildman–Crippen MR) is 113 cm³/mol. The summed E-state index contributed by atoms with van der Waals surface area (Å²) in [5.41, 5.74) is 2.22. The largest absolute Gasteiger partial charge is 0.357 e. The van der Waals surface area contributed by atoms with Crippen LogP contribution in [0.5, 0.6) is 0 Å². The molecule has 2 N–H and O–H groups in total. The van der Waals surface area contributed by atoms with E-state index < -0.39 is 0 Å². The normalized spacial score (nSPS) is 13.0. The van der Waals surface area contributed by atoms with Gasteiger partial charge in [0.2, 0.25) is 0 Å². The fourth-order valence-corrected chi connectivity index (χ4v) is 3.37. The first-order valence-electron chi connectivity index (χ1n) is 9.57. The van der Waals surface area contributed by atoms with E-state index in [0.717, 1.165) is 48.3 Å². The molecule has 0 aliphatic carbocycles. The lowest BCUT2D eigenvalue weighted by atomic mass is 10.0. The van der Waals surface area contributed by atoms with Crippen LogP contribution in [0.4, 0.5) is 0 Å². The smallest absolute Gasteiger partial charge is 0.191 e. The summed E-state index contributed by atoms with van der Waals surface area (Å²) in [6, 6.07) is 8.25. The Kier molecular flexibility index (Phi) is 8.61. The lowest BCUT2D eigenvalue weighted by molar-refractivity contribution is 0.219. The van der Waals surface area contributed by atoms with Crippen molar-refractivity contribution in [3.63, 3.8) is 0 Å². The van der Waals surface area contributed by atoms with Gasteiger partial charge in [-0.2, -0.15) is 5.10 Å². The SMILES string of the molecule is CCNC(=NCc1cnn(C)c1)NCC(c1ccccc1Cl)N(CC)CC. The molecule has 0 amide bonds.